The third-order valence-electron chi connectivity index (χ3n) is 3.81. The number of carbonyl (C=O) groups is 1. The highest BCUT2D eigenvalue weighted by atomic mass is 79.9. The number of hydrogen-bond donors (Lipinski definition) is 1. The molecule has 4 nitrogen and oxygen atoms in total. The maximum absolute atomic E-state index is 13.5. The first-order valence-corrected chi connectivity index (χ1v) is 8.04. The lowest BCUT2D eigenvalue weighted by atomic mass is 10.0. The van der Waals surface area contributed by atoms with E-state index in [0.717, 1.165) is 0 Å². The predicted molar refractivity (Wildman–Crippen MR) is 88.9 cm³/mol. The average molecular weight is 413 g/mol. The summed E-state index contributed by atoms with van der Waals surface area (Å²) < 4.78 is 41.2. The lowest BCUT2D eigenvalue weighted by molar-refractivity contribution is -0.297. The van der Waals surface area contributed by atoms with Gasteiger partial charge in [-0.25, -0.2) is 0 Å². The smallest absolute Gasteiger partial charge is 0.362 e. The second-order valence-corrected chi connectivity index (χ2v) is 6.45. The van der Waals surface area contributed by atoms with E-state index in [1.807, 2.05) is 0 Å². The zero-order valence-corrected chi connectivity index (χ0v) is 14.3. The monoisotopic (exact) mass is 412 g/mol. The number of carbonyl (C=O) groups excluding carboxylic acids is 1. The minimum absolute atomic E-state index is 0.00409. The molecule has 0 radical (unpaired) electrons. The highest BCUT2D eigenvalue weighted by Gasteiger charge is 2.63. The van der Waals surface area contributed by atoms with Crippen LogP contribution in [0.5, 0.6) is 0 Å². The molecule has 1 N–H and O–H groups in total. The van der Waals surface area contributed by atoms with E-state index >= 15 is 0 Å². The normalized spacial score (nSPS) is 20.5. The van der Waals surface area contributed by atoms with Crippen LogP contribution in [0.25, 0.3) is 0 Å². The van der Waals surface area contributed by atoms with Crippen molar-refractivity contribution in [3.63, 3.8) is 0 Å². The van der Waals surface area contributed by atoms with E-state index in [-0.39, 0.29) is 16.3 Å². The van der Waals surface area contributed by atoms with Gasteiger partial charge in [-0.3, -0.25) is 4.79 Å². The molecule has 0 fully saturated rings. The molecule has 1 aliphatic heterocycles. The Morgan fingerprint density at radius 3 is 2.44 bits per heavy atom. The van der Waals surface area contributed by atoms with Crippen LogP contribution in [0, 0.1) is 0 Å². The van der Waals surface area contributed by atoms with E-state index in [9.17, 15) is 23.1 Å². The second kappa shape index (κ2) is 6.27. The molecule has 0 spiro atoms. The van der Waals surface area contributed by atoms with Gasteiger partial charge in [0.1, 0.15) is 0 Å². The Labute approximate surface area is 149 Å². The Morgan fingerprint density at radius 2 is 1.84 bits per heavy atom. The third-order valence-corrected chi connectivity index (χ3v) is 4.30. The van der Waals surface area contributed by atoms with E-state index in [1.165, 1.54) is 24.3 Å². The molecular formula is C17H12BrF3N2O2. The summed E-state index contributed by atoms with van der Waals surface area (Å²) in [4.78, 5) is 12.5. The lowest BCUT2D eigenvalue weighted by Gasteiger charge is -2.32. The second-order valence-electron chi connectivity index (χ2n) is 5.53. The fraction of sp³-hybridized carbons (Fsp3) is 0.176. The molecule has 0 unspecified atom stereocenters. The van der Waals surface area contributed by atoms with Crippen molar-refractivity contribution >= 4 is 27.5 Å². The molecule has 1 amide bonds. The van der Waals surface area contributed by atoms with Crippen molar-refractivity contribution in [2.75, 3.05) is 0 Å². The fourth-order valence-corrected chi connectivity index (χ4v) is 2.91. The van der Waals surface area contributed by atoms with Gasteiger partial charge in [-0.05, 0) is 29.8 Å². The van der Waals surface area contributed by atoms with Crippen molar-refractivity contribution in [1.82, 2.24) is 5.01 Å². The molecular weight excluding hydrogens is 401 g/mol. The van der Waals surface area contributed by atoms with Crippen LogP contribution in [-0.4, -0.2) is 33.6 Å². The molecule has 25 heavy (non-hydrogen) atoms. The van der Waals surface area contributed by atoms with Crippen molar-refractivity contribution in [3.05, 3.63) is 70.2 Å². The van der Waals surface area contributed by atoms with Crippen LogP contribution in [-0.2, 0) is 0 Å². The van der Waals surface area contributed by atoms with Crippen molar-refractivity contribution < 1.29 is 23.1 Å². The van der Waals surface area contributed by atoms with Crippen LogP contribution in [0.3, 0.4) is 0 Å². The van der Waals surface area contributed by atoms with Gasteiger partial charge in [-0.15, -0.1) is 0 Å². The summed E-state index contributed by atoms with van der Waals surface area (Å²) in [5.41, 5.74) is -3.02. The zero-order valence-electron chi connectivity index (χ0n) is 12.7. The van der Waals surface area contributed by atoms with Crippen LogP contribution in [0.2, 0.25) is 0 Å². The molecule has 130 valence electrons. The van der Waals surface area contributed by atoms with Gasteiger partial charge in [0.05, 0.1) is 12.1 Å². The van der Waals surface area contributed by atoms with Crippen molar-refractivity contribution in [2.45, 2.75) is 18.3 Å². The highest BCUT2D eigenvalue weighted by Crippen LogP contribution is 2.42. The molecule has 0 aliphatic carbocycles. The highest BCUT2D eigenvalue weighted by molar-refractivity contribution is 9.10. The molecule has 1 heterocycles. The van der Waals surface area contributed by atoms with E-state index in [1.54, 1.807) is 30.3 Å². The van der Waals surface area contributed by atoms with Crippen molar-refractivity contribution in [1.29, 1.82) is 0 Å². The Hall–Kier alpha value is -2.19. The van der Waals surface area contributed by atoms with Gasteiger partial charge in [-0.2, -0.15) is 23.3 Å². The van der Waals surface area contributed by atoms with E-state index in [0.29, 0.717) is 10.0 Å². The topological polar surface area (TPSA) is 52.9 Å². The summed E-state index contributed by atoms with van der Waals surface area (Å²) in [5, 5.41) is 14.2. The average Bonchev–Trinajstić information content (AvgIpc) is 2.94. The summed E-state index contributed by atoms with van der Waals surface area (Å²) >= 11 is 3.24. The molecule has 2 aromatic carbocycles. The zero-order chi connectivity index (χ0) is 18.2. The van der Waals surface area contributed by atoms with E-state index in [2.05, 4.69) is 21.0 Å². The first-order chi connectivity index (χ1) is 11.7. The number of hydrogen-bond acceptors (Lipinski definition) is 3. The Balaban J connectivity index is 2.06. The van der Waals surface area contributed by atoms with Gasteiger partial charge < -0.3 is 5.11 Å². The minimum Gasteiger partial charge on any atom is -0.362 e. The molecule has 2 aromatic rings. The Bertz CT molecular complexity index is 839. The molecule has 8 heteroatoms. The molecule has 0 aromatic heterocycles. The summed E-state index contributed by atoms with van der Waals surface area (Å²) in [6.45, 7) is 0. The van der Waals surface area contributed by atoms with Crippen LogP contribution >= 0.6 is 15.9 Å². The van der Waals surface area contributed by atoms with Gasteiger partial charge >= 0.3 is 6.18 Å². The summed E-state index contributed by atoms with van der Waals surface area (Å²) in [5.74, 6) is -1.02. The Morgan fingerprint density at radius 1 is 1.16 bits per heavy atom. The molecule has 0 saturated heterocycles. The number of aliphatic hydroxyl groups is 1. The summed E-state index contributed by atoms with van der Waals surface area (Å²) in [6.07, 6.45) is -5.90. The molecule has 3 rings (SSSR count). The van der Waals surface area contributed by atoms with E-state index < -0.39 is 24.2 Å². The first kappa shape index (κ1) is 17.6. The number of benzene rings is 2. The van der Waals surface area contributed by atoms with E-state index in [4.69, 9.17) is 0 Å². The maximum atomic E-state index is 13.5. The Kier molecular flexibility index (Phi) is 4.42. The quantitative estimate of drug-likeness (QED) is 0.811. The summed E-state index contributed by atoms with van der Waals surface area (Å²) in [6, 6.07) is 13.9. The predicted octanol–water partition coefficient (Wildman–Crippen LogP) is 3.95. The molecule has 0 saturated carbocycles. The fourth-order valence-electron chi connectivity index (χ4n) is 2.51. The number of halogens is 4. The van der Waals surface area contributed by atoms with Gasteiger partial charge in [0.2, 0.25) is 0 Å². The number of rotatable bonds is 2. The molecule has 0 bridgehead atoms. The van der Waals surface area contributed by atoms with Gasteiger partial charge in [-0.1, -0.05) is 46.3 Å². The first-order valence-electron chi connectivity index (χ1n) is 7.24. The van der Waals surface area contributed by atoms with Gasteiger partial charge in [0.25, 0.3) is 11.6 Å². The standard InChI is InChI=1S/C17H12BrF3N2O2/c18-13-8-4-7-12(9-13)14-10-16(25,17(19,20)21)23(22-14)15(24)11-5-2-1-3-6-11/h1-9,25H,10H2/t16-/m0/s1. The number of alkyl halides is 3. The summed E-state index contributed by atoms with van der Waals surface area (Å²) in [7, 11) is 0. The third kappa shape index (κ3) is 3.19. The minimum atomic E-state index is -5.06. The number of amides is 1. The molecule has 1 aliphatic rings. The van der Waals surface area contributed by atoms with Gasteiger partial charge in [0.15, 0.2) is 0 Å². The van der Waals surface area contributed by atoms with Gasteiger partial charge in [0, 0.05) is 10.0 Å². The SMILES string of the molecule is O=C(c1ccccc1)N1N=C(c2cccc(Br)c2)C[C@]1(O)C(F)(F)F. The largest absolute Gasteiger partial charge is 0.438 e. The number of nitrogens with zero attached hydrogens (tertiary/aromatic N) is 2. The molecule has 1 atom stereocenters. The van der Waals surface area contributed by atoms with Crippen molar-refractivity contribution in [2.24, 2.45) is 5.10 Å². The van der Waals surface area contributed by atoms with Crippen LogP contribution < -0.4 is 0 Å². The maximum Gasteiger partial charge on any atom is 0.438 e. The lowest BCUT2D eigenvalue weighted by Crippen LogP contribution is -2.56. The van der Waals surface area contributed by atoms with Crippen LogP contribution in [0.1, 0.15) is 22.3 Å². The van der Waals surface area contributed by atoms with Crippen LogP contribution in [0.4, 0.5) is 13.2 Å². The van der Waals surface area contributed by atoms with Crippen LogP contribution in [0.15, 0.2) is 64.2 Å². The number of hydrazone groups is 1. The van der Waals surface area contributed by atoms with Crippen molar-refractivity contribution in [3.8, 4) is 0 Å².